The monoisotopic (exact) mass is 179 g/mol. The van der Waals surface area contributed by atoms with Crippen LogP contribution >= 0.6 is 0 Å². The average molecular weight is 179 g/mol. The molecule has 0 saturated carbocycles. The van der Waals surface area contributed by atoms with Crippen molar-refractivity contribution in [3.8, 4) is 11.1 Å². The summed E-state index contributed by atoms with van der Waals surface area (Å²) in [6, 6.07) is 19.0. The second kappa shape index (κ2) is 4.14. The standard InChI is InChI=1S/C13H12B/c1-14-13-9-5-8-12(10-13)11-6-3-2-4-7-11/h2-10H,1H3. The van der Waals surface area contributed by atoms with Gasteiger partial charge in [-0.15, -0.1) is 0 Å². The van der Waals surface area contributed by atoms with Gasteiger partial charge in [0.25, 0.3) is 0 Å². The fourth-order valence-electron chi connectivity index (χ4n) is 1.53. The number of hydrogen-bond donors (Lipinski definition) is 0. The maximum atomic E-state index is 2.20. The molecule has 1 heteroatoms. The largest absolute Gasteiger partial charge is 0.148 e. The van der Waals surface area contributed by atoms with Crippen molar-refractivity contribution < 1.29 is 0 Å². The summed E-state index contributed by atoms with van der Waals surface area (Å²) in [4.78, 5) is 0. The fourth-order valence-corrected chi connectivity index (χ4v) is 1.53. The highest BCUT2D eigenvalue weighted by Gasteiger charge is 1.96. The first kappa shape index (κ1) is 9.08. The lowest BCUT2D eigenvalue weighted by atomic mass is 9.73. The molecule has 0 nitrogen and oxygen atoms in total. The van der Waals surface area contributed by atoms with Crippen molar-refractivity contribution in [2.24, 2.45) is 0 Å². The predicted molar refractivity (Wildman–Crippen MR) is 63.1 cm³/mol. The second-order valence-corrected chi connectivity index (χ2v) is 3.28. The van der Waals surface area contributed by atoms with Crippen molar-refractivity contribution in [2.45, 2.75) is 6.82 Å². The van der Waals surface area contributed by atoms with Gasteiger partial charge < -0.3 is 0 Å². The zero-order valence-corrected chi connectivity index (χ0v) is 8.27. The molecule has 0 bridgehead atoms. The summed E-state index contributed by atoms with van der Waals surface area (Å²) < 4.78 is 0. The van der Waals surface area contributed by atoms with E-state index < -0.39 is 0 Å². The van der Waals surface area contributed by atoms with E-state index in [1.165, 1.54) is 16.6 Å². The Hall–Kier alpha value is -1.50. The van der Waals surface area contributed by atoms with Crippen LogP contribution in [0.5, 0.6) is 0 Å². The van der Waals surface area contributed by atoms with E-state index in [9.17, 15) is 0 Å². The van der Waals surface area contributed by atoms with Gasteiger partial charge in [-0.05, 0) is 11.1 Å². The molecular weight excluding hydrogens is 167 g/mol. The summed E-state index contributed by atoms with van der Waals surface area (Å²) in [7, 11) is 2.12. The molecule has 2 aromatic carbocycles. The van der Waals surface area contributed by atoms with Gasteiger partial charge in [0.1, 0.15) is 7.28 Å². The summed E-state index contributed by atoms with van der Waals surface area (Å²) in [5.41, 5.74) is 3.82. The molecule has 0 aliphatic rings. The summed E-state index contributed by atoms with van der Waals surface area (Å²) in [6.45, 7) is 2.06. The minimum atomic E-state index is 1.27. The normalized spacial score (nSPS) is 9.79. The van der Waals surface area contributed by atoms with Crippen LogP contribution in [0.25, 0.3) is 11.1 Å². The van der Waals surface area contributed by atoms with Crippen LogP contribution in [0.1, 0.15) is 0 Å². The molecule has 0 heterocycles. The Morgan fingerprint density at radius 1 is 0.786 bits per heavy atom. The molecule has 0 spiro atoms. The lowest BCUT2D eigenvalue weighted by Crippen LogP contribution is -2.09. The maximum Gasteiger partial charge on any atom is 0.148 e. The van der Waals surface area contributed by atoms with E-state index in [0.717, 1.165) is 0 Å². The fraction of sp³-hybridized carbons (Fsp3) is 0.0769. The zero-order chi connectivity index (χ0) is 9.80. The molecule has 0 saturated heterocycles. The molecule has 0 N–H and O–H groups in total. The van der Waals surface area contributed by atoms with Crippen molar-refractivity contribution in [3.05, 3.63) is 54.6 Å². The van der Waals surface area contributed by atoms with Crippen molar-refractivity contribution >= 4 is 12.7 Å². The third-order valence-electron chi connectivity index (χ3n) is 2.33. The van der Waals surface area contributed by atoms with Crippen LogP contribution in [0.3, 0.4) is 0 Å². The minimum absolute atomic E-state index is 1.27. The molecular formula is C13H12B. The van der Waals surface area contributed by atoms with Gasteiger partial charge in [-0.1, -0.05) is 66.9 Å². The summed E-state index contributed by atoms with van der Waals surface area (Å²) in [5.74, 6) is 0. The van der Waals surface area contributed by atoms with Crippen LogP contribution in [0.15, 0.2) is 54.6 Å². The van der Waals surface area contributed by atoms with E-state index in [2.05, 4.69) is 62.6 Å². The van der Waals surface area contributed by atoms with Gasteiger partial charge in [-0.2, -0.15) is 0 Å². The molecule has 0 aliphatic heterocycles. The lowest BCUT2D eigenvalue weighted by Gasteiger charge is -2.03. The summed E-state index contributed by atoms with van der Waals surface area (Å²) >= 11 is 0. The Morgan fingerprint density at radius 2 is 1.50 bits per heavy atom. The summed E-state index contributed by atoms with van der Waals surface area (Å²) in [5, 5.41) is 0. The quantitative estimate of drug-likeness (QED) is 0.621. The van der Waals surface area contributed by atoms with Crippen LogP contribution in [0.2, 0.25) is 6.82 Å². The molecule has 1 radical (unpaired) electrons. The molecule has 67 valence electrons. The van der Waals surface area contributed by atoms with Crippen LogP contribution in [-0.4, -0.2) is 7.28 Å². The van der Waals surface area contributed by atoms with Gasteiger partial charge in [0.15, 0.2) is 0 Å². The van der Waals surface area contributed by atoms with Crippen molar-refractivity contribution in [1.82, 2.24) is 0 Å². The Balaban J connectivity index is 2.42. The van der Waals surface area contributed by atoms with E-state index >= 15 is 0 Å². The number of hydrogen-bond acceptors (Lipinski definition) is 0. The minimum Gasteiger partial charge on any atom is -0.0875 e. The van der Waals surface area contributed by atoms with Crippen LogP contribution < -0.4 is 5.46 Å². The first-order valence-electron chi connectivity index (χ1n) is 4.85. The zero-order valence-electron chi connectivity index (χ0n) is 8.27. The van der Waals surface area contributed by atoms with Crippen molar-refractivity contribution in [2.75, 3.05) is 0 Å². The summed E-state index contributed by atoms with van der Waals surface area (Å²) in [6.07, 6.45) is 0. The first-order chi connectivity index (χ1) is 6.90. The lowest BCUT2D eigenvalue weighted by molar-refractivity contribution is 1.64. The molecule has 14 heavy (non-hydrogen) atoms. The third kappa shape index (κ3) is 1.87. The van der Waals surface area contributed by atoms with Crippen molar-refractivity contribution in [3.63, 3.8) is 0 Å². The van der Waals surface area contributed by atoms with Crippen LogP contribution in [0.4, 0.5) is 0 Å². The van der Waals surface area contributed by atoms with Crippen LogP contribution in [-0.2, 0) is 0 Å². The topological polar surface area (TPSA) is 0 Å². The molecule has 0 amide bonds. The van der Waals surface area contributed by atoms with Gasteiger partial charge in [-0.25, -0.2) is 0 Å². The van der Waals surface area contributed by atoms with E-state index in [4.69, 9.17) is 0 Å². The Labute approximate surface area is 85.8 Å². The highest BCUT2D eigenvalue weighted by atomic mass is 14.0. The van der Waals surface area contributed by atoms with Gasteiger partial charge in [0, 0.05) is 0 Å². The molecule has 0 unspecified atom stereocenters. The first-order valence-corrected chi connectivity index (χ1v) is 4.85. The maximum absolute atomic E-state index is 2.20. The smallest absolute Gasteiger partial charge is 0.0875 e. The van der Waals surface area contributed by atoms with E-state index in [-0.39, 0.29) is 0 Å². The van der Waals surface area contributed by atoms with E-state index in [1.54, 1.807) is 0 Å². The number of benzene rings is 2. The number of rotatable bonds is 2. The van der Waals surface area contributed by atoms with Gasteiger partial charge >= 0.3 is 0 Å². The van der Waals surface area contributed by atoms with Crippen LogP contribution in [0, 0.1) is 0 Å². The average Bonchev–Trinajstić information content (AvgIpc) is 2.30. The van der Waals surface area contributed by atoms with E-state index in [1.807, 2.05) is 6.07 Å². The highest BCUT2D eigenvalue weighted by molar-refractivity contribution is 6.52. The Bertz CT molecular complexity index is 407. The van der Waals surface area contributed by atoms with E-state index in [0.29, 0.717) is 0 Å². The molecule has 0 fully saturated rings. The Kier molecular flexibility index (Phi) is 2.69. The Morgan fingerprint density at radius 3 is 2.21 bits per heavy atom. The molecule has 0 aliphatic carbocycles. The van der Waals surface area contributed by atoms with Gasteiger partial charge in [0.2, 0.25) is 0 Å². The molecule has 2 aromatic rings. The SMILES string of the molecule is C[B]c1cccc(-c2ccccc2)c1. The van der Waals surface area contributed by atoms with Gasteiger partial charge in [-0.3, -0.25) is 0 Å². The third-order valence-corrected chi connectivity index (χ3v) is 2.33. The molecule has 2 rings (SSSR count). The van der Waals surface area contributed by atoms with Crippen molar-refractivity contribution in [1.29, 1.82) is 0 Å². The van der Waals surface area contributed by atoms with Gasteiger partial charge in [0.05, 0.1) is 0 Å². The molecule has 0 atom stereocenters. The molecule has 0 aromatic heterocycles. The predicted octanol–water partition coefficient (Wildman–Crippen LogP) is 2.73. The highest BCUT2D eigenvalue weighted by Crippen LogP contribution is 2.16. The second-order valence-electron chi connectivity index (χ2n) is 3.28.